The fourth-order valence-electron chi connectivity index (χ4n) is 3.13. The topological polar surface area (TPSA) is 43.7 Å². The number of halogens is 2. The molecule has 0 atom stereocenters. The fourth-order valence-corrected chi connectivity index (χ4v) is 3.63. The van der Waals surface area contributed by atoms with Crippen LogP contribution in [0.2, 0.25) is 0 Å². The van der Waals surface area contributed by atoms with E-state index in [4.69, 9.17) is 9.47 Å². The third-order valence-corrected chi connectivity index (χ3v) is 5.09. The van der Waals surface area contributed by atoms with Gasteiger partial charge in [0, 0.05) is 23.3 Å². The zero-order valence-electron chi connectivity index (χ0n) is 16.4. The van der Waals surface area contributed by atoms with Gasteiger partial charge in [0.25, 0.3) is 0 Å². The summed E-state index contributed by atoms with van der Waals surface area (Å²) in [4.78, 5) is 14.9. The molecule has 3 rings (SSSR count). The molecule has 0 N–H and O–H groups in total. The van der Waals surface area contributed by atoms with E-state index in [2.05, 4.69) is 20.5 Å². The van der Waals surface area contributed by atoms with E-state index in [1.807, 2.05) is 68.4 Å². The van der Waals surface area contributed by atoms with Crippen molar-refractivity contribution >= 4 is 45.2 Å². The molecule has 1 heterocycles. The van der Waals surface area contributed by atoms with Gasteiger partial charge in [0.05, 0.1) is 22.7 Å². The molecular formula is C21H24BrClN2O3. The first kappa shape index (κ1) is 22.3. The normalized spacial score (nSPS) is 10.8. The number of likely N-dealkylation sites (N-methyl/N-ethyl adjacent to an activating group) is 1. The number of nitrogens with zero attached hydrogens (tertiary/aromatic N) is 2. The molecular weight excluding hydrogens is 444 g/mol. The van der Waals surface area contributed by atoms with Gasteiger partial charge in [0.1, 0.15) is 12.4 Å². The van der Waals surface area contributed by atoms with E-state index >= 15 is 0 Å². The Hall–Kier alpha value is -2.02. The van der Waals surface area contributed by atoms with E-state index in [0.717, 1.165) is 26.8 Å². The van der Waals surface area contributed by atoms with Gasteiger partial charge < -0.3 is 18.9 Å². The molecule has 0 radical (unpaired) electrons. The average Bonchev–Trinajstić information content (AvgIpc) is 2.92. The van der Waals surface area contributed by atoms with Crippen LogP contribution in [0.3, 0.4) is 0 Å². The van der Waals surface area contributed by atoms with E-state index in [1.165, 1.54) is 0 Å². The summed E-state index contributed by atoms with van der Waals surface area (Å²) < 4.78 is 13.9. The van der Waals surface area contributed by atoms with E-state index in [-0.39, 0.29) is 18.4 Å². The Morgan fingerprint density at radius 1 is 1.18 bits per heavy atom. The van der Waals surface area contributed by atoms with E-state index in [1.54, 1.807) is 7.11 Å². The molecule has 0 aliphatic rings. The Kier molecular flexibility index (Phi) is 7.52. The number of methoxy groups -OCH3 is 1. The Balaban J connectivity index is 0.00000280. The minimum Gasteiger partial charge on any atom is -0.496 e. The standard InChI is InChI=1S/C21H23BrN2O3.ClH/c1-14-20(21(25)27-11-10-23(2)3)16-12-19(26-4)17(22)13-18(16)24(14)15-8-6-5-7-9-15;/h5-9,12-13H,10-11H2,1-4H3;1H. The summed E-state index contributed by atoms with van der Waals surface area (Å²) in [5.41, 5.74) is 3.32. The van der Waals surface area contributed by atoms with Gasteiger partial charge in [-0.3, -0.25) is 0 Å². The monoisotopic (exact) mass is 466 g/mol. The van der Waals surface area contributed by atoms with Gasteiger partial charge in [-0.25, -0.2) is 4.79 Å². The molecule has 0 saturated carbocycles. The van der Waals surface area contributed by atoms with Gasteiger partial charge in [-0.05, 0) is 61.2 Å². The molecule has 5 nitrogen and oxygen atoms in total. The molecule has 150 valence electrons. The summed E-state index contributed by atoms with van der Waals surface area (Å²) in [5, 5.41) is 0.811. The number of para-hydroxylation sites is 1. The second-order valence-corrected chi connectivity index (χ2v) is 7.43. The maximum Gasteiger partial charge on any atom is 0.340 e. The van der Waals surface area contributed by atoms with E-state index < -0.39 is 0 Å². The van der Waals surface area contributed by atoms with Crippen molar-refractivity contribution < 1.29 is 14.3 Å². The van der Waals surface area contributed by atoms with Gasteiger partial charge in [-0.2, -0.15) is 0 Å². The van der Waals surface area contributed by atoms with Gasteiger partial charge in [-0.15, -0.1) is 12.4 Å². The molecule has 0 fully saturated rings. The minimum atomic E-state index is -0.321. The van der Waals surface area contributed by atoms with Crippen molar-refractivity contribution in [1.82, 2.24) is 9.47 Å². The lowest BCUT2D eigenvalue weighted by Crippen LogP contribution is -2.20. The number of fused-ring (bicyclic) bond motifs is 1. The van der Waals surface area contributed by atoms with Crippen LogP contribution >= 0.6 is 28.3 Å². The molecule has 0 aliphatic heterocycles. The highest BCUT2D eigenvalue weighted by Crippen LogP contribution is 2.36. The Bertz CT molecular complexity index is 971. The Labute approximate surface area is 179 Å². The molecule has 0 saturated heterocycles. The van der Waals surface area contributed by atoms with Crippen LogP contribution in [0, 0.1) is 6.92 Å². The maximum absolute atomic E-state index is 12.9. The van der Waals surface area contributed by atoms with Gasteiger partial charge in [-0.1, -0.05) is 18.2 Å². The second kappa shape index (κ2) is 9.45. The number of hydrogen-bond acceptors (Lipinski definition) is 4. The highest BCUT2D eigenvalue weighted by molar-refractivity contribution is 9.10. The van der Waals surface area contributed by atoms with Crippen molar-refractivity contribution in [3.63, 3.8) is 0 Å². The molecule has 2 aromatic carbocycles. The van der Waals surface area contributed by atoms with Crippen molar-refractivity contribution in [2.24, 2.45) is 0 Å². The highest BCUT2D eigenvalue weighted by Gasteiger charge is 2.23. The lowest BCUT2D eigenvalue weighted by molar-refractivity contribution is 0.0483. The molecule has 0 spiro atoms. The minimum absolute atomic E-state index is 0. The van der Waals surface area contributed by atoms with E-state index in [0.29, 0.717) is 24.5 Å². The van der Waals surface area contributed by atoms with Gasteiger partial charge in [0.15, 0.2) is 0 Å². The molecule has 0 bridgehead atoms. The SMILES string of the molecule is COc1cc2c(C(=O)OCCN(C)C)c(C)n(-c3ccccc3)c2cc1Br.Cl. The molecule has 0 aliphatic carbocycles. The first-order valence-corrected chi connectivity index (χ1v) is 9.49. The van der Waals surface area contributed by atoms with Crippen molar-refractivity contribution in [3.8, 4) is 11.4 Å². The number of carbonyl (C=O) groups is 1. The zero-order valence-corrected chi connectivity index (χ0v) is 18.8. The average molecular weight is 468 g/mol. The third-order valence-electron chi connectivity index (χ3n) is 4.47. The third kappa shape index (κ3) is 4.35. The van der Waals surface area contributed by atoms with Crippen molar-refractivity contribution in [2.75, 3.05) is 34.4 Å². The molecule has 0 amide bonds. The van der Waals surface area contributed by atoms with Crippen LogP contribution in [0.1, 0.15) is 16.1 Å². The van der Waals surface area contributed by atoms with Crippen LogP contribution in [0.15, 0.2) is 46.9 Å². The number of rotatable bonds is 6. The summed E-state index contributed by atoms with van der Waals surface area (Å²) in [7, 11) is 5.51. The first-order valence-electron chi connectivity index (χ1n) is 8.70. The Morgan fingerprint density at radius 2 is 1.86 bits per heavy atom. The molecule has 1 aromatic heterocycles. The number of hydrogen-bond donors (Lipinski definition) is 0. The number of benzene rings is 2. The smallest absolute Gasteiger partial charge is 0.340 e. The first-order chi connectivity index (χ1) is 12.9. The zero-order chi connectivity index (χ0) is 19.6. The lowest BCUT2D eigenvalue weighted by Gasteiger charge is -2.11. The van der Waals surface area contributed by atoms with Gasteiger partial charge >= 0.3 is 5.97 Å². The van der Waals surface area contributed by atoms with Crippen LogP contribution in [-0.2, 0) is 4.74 Å². The summed E-state index contributed by atoms with van der Waals surface area (Å²) in [6, 6.07) is 13.8. The summed E-state index contributed by atoms with van der Waals surface area (Å²) in [6.07, 6.45) is 0. The quantitative estimate of drug-likeness (QED) is 0.486. The van der Waals surface area contributed by atoms with Crippen LogP contribution < -0.4 is 4.74 Å². The predicted octanol–water partition coefficient (Wildman–Crippen LogP) is 4.85. The number of esters is 1. The van der Waals surface area contributed by atoms with Crippen LogP contribution in [0.5, 0.6) is 5.75 Å². The highest BCUT2D eigenvalue weighted by atomic mass is 79.9. The number of aromatic nitrogens is 1. The summed E-state index contributed by atoms with van der Waals surface area (Å²) in [6.45, 7) is 2.96. The fraction of sp³-hybridized carbons (Fsp3) is 0.286. The Morgan fingerprint density at radius 3 is 2.46 bits per heavy atom. The van der Waals surface area contributed by atoms with E-state index in [9.17, 15) is 4.79 Å². The van der Waals surface area contributed by atoms with Crippen molar-refractivity contribution in [1.29, 1.82) is 0 Å². The van der Waals surface area contributed by atoms with Gasteiger partial charge in [0.2, 0.25) is 0 Å². The number of carbonyl (C=O) groups excluding carboxylic acids is 1. The molecule has 28 heavy (non-hydrogen) atoms. The number of ether oxygens (including phenoxy) is 2. The molecule has 7 heteroatoms. The largest absolute Gasteiger partial charge is 0.496 e. The van der Waals surface area contributed by atoms with Crippen LogP contribution in [0.25, 0.3) is 16.6 Å². The van der Waals surface area contributed by atoms with Crippen molar-refractivity contribution in [2.45, 2.75) is 6.92 Å². The second-order valence-electron chi connectivity index (χ2n) is 6.57. The van der Waals surface area contributed by atoms with Crippen LogP contribution in [0.4, 0.5) is 0 Å². The summed E-state index contributed by atoms with van der Waals surface area (Å²) in [5.74, 6) is 0.355. The molecule has 0 unspecified atom stereocenters. The lowest BCUT2D eigenvalue weighted by atomic mass is 10.1. The van der Waals surface area contributed by atoms with Crippen LogP contribution in [-0.4, -0.2) is 49.8 Å². The maximum atomic E-state index is 12.9. The predicted molar refractivity (Wildman–Crippen MR) is 118 cm³/mol. The molecule has 3 aromatic rings. The van der Waals surface area contributed by atoms with Crippen molar-refractivity contribution in [3.05, 3.63) is 58.2 Å². The summed E-state index contributed by atoms with van der Waals surface area (Å²) >= 11 is 3.55.